The molecule has 1 heterocycles. The van der Waals surface area contributed by atoms with Gasteiger partial charge >= 0.3 is 0 Å². The third kappa shape index (κ3) is 1.85. The van der Waals surface area contributed by atoms with Crippen LogP contribution >= 0.6 is 0 Å². The lowest BCUT2D eigenvalue weighted by molar-refractivity contribution is -0.255. The molecule has 0 amide bonds. The summed E-state index contributed by atoms with van der Waals surface area (Å²) in [5, 5.41) is 14.3. The molecule has 0 N–H and O–H groups in total. The molecule has 0 atom stereocenters. The maximum absolute atomic E-state index is 10.6. The van der Waals surface area contributed by atoms with Gasteiger partial charge < -0.3 is 14.4 Å². The second-order valence-electron chi connectivity index (χ2n) is 3.01. The van der Waals surface area contributed by atoms with Crippen LogP contribution in [0.3, 0.4) is 0 Å². The predicted octanol–water partition coefficient (Wildman–Crippen LogP) is 0.409. The predicted molar refractivity (Wildman–Crippen MR) is 48.8 cm³/mol. The topological polar surface area (TPSA) is 79.0 Å². The minimum atomic E-state index is -1.22. The van der Waals surface area contributed by atoms with Crippen LogP contribution in [0.4, 0.5) is 0 Å². The summed E-state index contributed by atoms with van der Waals surface area (Å²) in [6, 6.07) is 6.20. The van der Waals surface area contributed by atoms with Crippen molar-refractivity contribution in [2.75, 3.05) is 0 Å². The Morgan fingerprint density at radius 3 is 2.87 bits per heavy atom. The Morgan fingerprint density at radius 1 is 1.47 bits per heavy atom. The van der Waals surface area contributed by atoms with Crippen LogP contribution in [0.1, 0.15) is 16.2 Å². The molecule has 0 spiro atoms. The number of benzene rings is 1. The molecule has 0 unspecified atom stereocenters. The largest absolute Gasteiger partial charge is 0.545 e. The summed E-state index contributed by atoms with van der Waals surface area (Å²) < 4.78 is 4.80. The highest BCUT2D eigenvalue weighted by Crippen LogP contribution is 2.16. The number of aromatic carboxylic acids is 1. The van der Waals surface area contributed by atoms with Gasteiger partial charge in [0.2, 0.25) is 11.7 Å². The lowest BCUT2D eigenvalue weighted by Gasteiger charge is -2.02. The molecule has 0 saturated carbocycles. The molecule has 0 aliphatic carbocycles. The van der Waals surface area contributed by atoms with E-state index in [0.29, 0.717) is 17.3 Å². The zero-order valence-corrected chi connectivity index (χ0v) is 7.93. The first-order valence-electron chi connectivity index (χ1n) is 4.29. The average molecular weight is 203 g/mol. The van der Waals surface area contributed by atoms with Crippen LogP contribution < -0.4 is 5.11 Å². The Balaban J connectivity index is 2.45. The molecule has 1 aromatic carbocycles. The van der Waals surface area contributed by atoms with Gasteiger partial charge in [0.25, 0.3) is 0 Å². The smallest absolute Gasteiger partial charge is 0.223 e. The SMILES string of the molecule is Cc1nc(-c2cccc(C(=O)[O-])c2)no1. The van der Waals surface area contributed by atoms with Crippen molar-refractivity contribution in [3.05, 3.63) is 35.7 Å². The van der Waals surface area contributed by atoms with E-state index in [1.165, 1.54) is 12.1 Å². The summed E-state index contributed by atoms with van der Waals surface area (Å²) in [4.78, 5) is 14.6. The fraction of sp³-hybridized carbons (Fsp3) is 0.100. The van der Waals surface area contributed by atoms with Crippen LogP contribution in [-0.2, 0) is 0 Å². The van der Waals surface area contributed by atoms with E-state index < -0.39 is 5.97 Å². The van der Waals surface area contributed by atoms with Crippen LogP contribution in [0, 0.1) is 6.92 Å². The molecule has 76 valence electrons. The molecule has 0 saturated heterocycles. The molecule has 0 bridgehead atoms. The highest BCUT2D eigenvalue weighted by molar-refractivity contribution is 5.87. The maximum Gasteiger partial charge on any atom is 0.223 e. The number of nitrogens with zero attached hydrogens (tertiary/aromatic N) is 2. The number of hydrogen-bond acceptors (Lipinski definition) is 5. The number of hydrogen-bond donors (Lipinski definition) is 0. The standard InChI is InChI=1S/C10H8N2O3/c1-6-11-9(12-15-6)7-3-2-4-8(5-7)10(13)14/h2-5H,1H3,(H,13,14)/p-1. The quantitative estimate of drug-likeness (QED) is 0.706. The fourth-order valence-electron chi connectivity index (χ4n) is 1.20. The van der Waals surface area contributed by atoms with Gasteiger partial charge in [-0.15, -0.1) is 0 Å². The average Bonchev–Trinajstić information content (AvgIpc) is 2.65. The van der Waals surface area contributed by atoms with Crippen molar-refractivity contribution in [2.45, 2.75) is 6.92 Å². The summed E-state index contributed by atoms with van der Waals surface area (Å²) in [5.74, 6) is -0.420. The van der Waals surface area contributed by atoms with E-state index >= 15 is 0 Å². The van der Waals surface area contributed by atoms with Gasteiger partial charge in [0.1, 0.15) is 0 Å². The number of carboxylic acid groups (broad SMARTS) is 1. The molecule has 15 heavy (non-hydrogen) atoms. The molecule has 2 rings (SSSR count). The van der Waals surface area contributed by atoms with E-state index in [0.717, 1.165) is 0 Å². The third-order valence-electron chi connectivity index (χ3n) is 1.88. The van der Waals surface area contributed by atoms with Crippen LogP contribution in [0.5, 0.6) is 0 Å². The number of carbonyl (C=O) groups is 1. The van der Waals surface area contributed by atoms with E-state index in [-0.39, 0.29) is 5.56 Å². The Hall–Kier alpha value is -2.17. The number of aryl methyl sites for hydroxylation is 1. The van der Waals surface area contributed by atoms with Crippen molar-refractivity contribution in [3.8, 4) is 11.4 Å². The van der Waals surface area contributed by atoms with Crippen LogP contribution in [0.25, 0.3) is 11.4 Å². The van der Waals surface area contributed by atoms with Crippen molar-refractivity contribution in [1.82, 2.24) is 10.1 Å². The van der Waals surface area contributed by atoms with Crippen LogP contribution in [0.15, 0.2) is 28.8 Å². The van der Waals surface area contributed by atoms with Crippen molar-refractivity contribution in [3.63, 3.8) is 0 Å². The summed E-state index contributed by atoms with van der Waals surface area (Å²) in [6.45, 7) is 1.67. The minimum absolute atomic E-state index is 0.0925. The number of carbonyl (C=O) groups excluding carboxylic acids is 1. The lowest BCUT2D eigenvalue weighted by Crippen LogP contribution is -2.22. The molecule has 0 aliphatic heterocycles. The molecule has 5 heteroatoms. The Kier molecular flexibility index (Phi) is 2.21. The van der Waals surface area contributed by atoms with E-state index in [1.807, 2.05) is 0 Å². The first-order chi connectivity index (χ1) is 7.16. The lowest BCUT2D eigenvalue weighted by atomic mass is 10.1. The minimum Gasteiger partial charge on any atom is -0.545 e. The zero-order valence-electron chi connectivity index (χ0n) is 7.93. The summed E-state index contributed by atoms with van der Waals surface area (Å²) >= 11 is 0. The van der Waals surface area contributed by atoms with Crippen LogP contribution in [-0.4, -0.2) is 16.1 Å². The van der Waals surface area contributed by atoms with Crippen molar-refractivity contribution in [2.24, 2.45) is 0 Å². The third-order valence-corrected chi connectivity index (χ3v) is 1.88. The van der Waals surface area contributed by atoms with Gasteiger partial charge in [-0.3, -0.25) is 0 Å². The van der Waals surface area contributed by atoms with Gasteiger partial charge in [0.05, 0.1) is 5.97 Å². The Labute approximate surface area is 85.4 Å². The highest BCUT2D eigenvalue weighted by atomic mass is 16.5. The first kappa shape index (κ1) is 9.39. The Morgan fingerprint density at radius 2 is 2.27 bits per heavy atom. The molecular formula is C10H7N2O3-. The molecule has 1 aromatic heterocycles. The van der Waals surface area contributed by atoms with E-state index in [2.05, 4.69) is 10.1 Å². The summed E-state index contributed by atoms with van der Waals surface area (Å²) in [5.41, 5.74) is 0.684. The van der Waals surface area contributed by atoms with Gasteiger partial charge in [-0.25, -0.2) is 0 Å². The molecule has 0 fully saturated rings. The number of carboxylic acids is 1. The second-order valence-corrected chi connectivity index (χ2v) is 3.01. The zero-order chi connectivity index (χ0) is 10.8. The van der Waals surface area contributed by atoms with Crippen molar-refractivity contribution in [1.29, 1.82) is 0 Å². The molecule has 5 nitrogen and oxygen atoms in total. The van der Waals surface area contributed by atoms with Gasteiger partial charge in [-0.1, -0.05) is 23.4 Å². The number of aromatic nitrogens is 2. The van der Waals surface area contributed by atoms with E-state index in [4.69, 9.17) is 4.52 Å². The highest BCUT2D eigenvalue weighted by Gasteiger charge is 2.05. The molecule has 0 aliphatic rings. The fourth-order valence-corrected chi connectivity index (χ4v) is 1.20. The molecular weight excluding hydrogens is 196 g/mol. The van der Waals surface area contributed by atoms with Crippen molar-refractivity contribution >= 4 is 5.97 Å². The maximum atomic E-state index is 10.6. The van der Waals surface area contributed by atoms with Gasteiger partial charge in [0.15, 0.2) is 0 Å². The second kappa shape index (κ2) is 3.53. The summed E-state index contributed by atoms with van der Waals surface area (Å²) in [7, 11) is 0. The van der Waals surface area contributed by atoms with E-state index in [9.17, 15) is 9.90 Å². The first-order valence-corrected chi connectivity index (χ1v) is 4.29. The monoisotopic (exact) mass is 203 g/mol. The molecule has 0 radical (unpaired) electrons. The van der Waals surface area contributed by atoms with Crippen molar-refractivity contribution < 1.29 is 14.4 Å². The van der Waals surface area contributed by atoms with E-state index in [1.54, 1.807) is 19.1 Å². The summed E-state index contributed by atoms with van der Waals surface area (Å²) in [6.07, 6.45) is 0. The van der Waals surface area contributed by atoms with Crippen LogP contribution in [0.2, 0.25) is 0 Å². The van der Waals surface area contributed by atoms with Gasteiger partial charge in [0, 0.05) is 12.5 Å². The molecule has 2 aromatic rings. The van der Waals surface area contributed by atoms with Gasteiger partial charge in [-0.05, 0) is 11.6 Å². The number of rotatable bonds is 2. The Bertz CT molecular complexity index is 505. The normalized spacial score (nSPS) is 10.2. The van der Waals surface area contributed by atoms with Gasteiger partial charge in [-0.2, -0.15) is 4.98 Å².